The summed E-state index contributed by atoms with van der Waals surface area (Å²) in [5, 5.41) is 3.40. The van der Waals surface area contributed by atoms with Crippen LogP contribution in [0.25, 0.3) is 0 Å². The molecule has 3 heteroatoms. The van der Waals surface area contributed by atoms with E-state index in [1.165, 1.54) is 0 Å². The lowest BCUT2D eigenvalue weighted by atomic mass is 9.97. The third-order valence-electron chi connectivity index (χ3n) is 2.56. The van der Waals surface area contributed by atoms with Crippen molar-refractivity contribution < 1.29 is 9.47 Å². The van der Waals surface area contributed by atoms with Gasteiger partial charge in [0, 0.05) is 26.1 Å². The molecule has 0 aromatic carbocycles. The Kier molecular flexibility index (Phi) is 1.90. The van der Waals surface area contributed by atoms with Crippen LogP contribution in [0.2, 0.25) is 0 Å². The van der Waals surface area contributed by atoms with Gasteiger partial charge >= 0.3 is 0 Å². The Morgan fingerprint density at radius 2 is 2.08 bits per heavy atom. The second kappa shape index (κ2) is 2.69. The first kappa shape index (κ1) is 8.48. The van der Waals surface area contributed by atoms with E-state index in [0.717, 1.165) is 32.7 Å². The van der Waals surface area contributed by atoms with Gasteiger partial charge in [0.15, 0.2) is 0 Å². The number of nitrogens with one attached hydrogen (secondary N) is 1. The summed E-state index contributed by atoms with van der Waals surface area (Å²) in [4.78, 5) is 0. The predicted molar refractivity (Wildman–Crippen MR) is 46.2 cm³/mol. The molecule has 2 saturated heterocycles. The first-order chi connectivity index (χ1) is 5.62. The van der Waals surface area contributed by atoms with Gasteiger partial charge < -0.3 is 14.8 Å². The van der Waals surface area contributed by atoms with Gasteiger partial charge in [0.25, 0.3) is 0 Å². The smallest absolute Gasteiger partial charge is 0.107 e. The highest BCUT2D eigenvalue weighted by molar-refractivity contribution is 4.95. The summed E-state index contributed by atoms with van der Waals surface area (Å²) < 4.78 is 11.4. The summed E-state index contributed by atoms with van der Waals surface area (Å²) >= 11 is 0. The second-order valence-corrected chi connectivity index (χ2v) is 4.45. The van der Waals surface area contributed by atoms with Crippen molar-refractivity contribution in [2.45, 2.75) is 31.5 Å². The summed E-state index contributed by atoms with van der Waals surface area (Å²) in [6.45, 7) is 7.73. The topological polar surface area (TPSA) is 30.5 Å². The molecule has 0 aromatic heterocycles. The van der Waals surface area contributed by atoms with Crippen LogP contribution in [-0.2, 0) is 9.47 Å². The molecular weight excluding hydrogens is 154 g/mol. The van der Waals surface area contributed by atoms with Crippen LogP contribution < -0.4 is 5.32 Å². The Labute approximate surface area is 73.4 Å². The van der Waals surface area contributed by atoms with Crippen molar-refractivity contribution in [2.24, 2.45) is 0 Å². The van der Waals surface area contributed by atoms with Crippen molar-refractivity contribution >= 4 is 0 Å². The van der Waals surface area contributed by atoms with E-state index in [2.05, 4.69) is 19.2 Å². The zero-order valence-corrected chi connectivity index (χ0v) is 7.85. The molecule has 1 atom stereocenters. The van der Waals surface area contributed by atoms with Crippen LogP contribution in [0.15, 0.2) is 0 Å². The van der Waals surface area contributed by atoms with Crippen molar-refractivity contribution in [2.75, 3.05) is 26.3 Å². The van der Waals surface area contributed by atoms with Crippen LogP contribution in [0.3, 0.4) is 0 Å². The molecule has 0 aromatic rings. The zero-order valence-electron chi connectivity index (χ0n) is 7.85. The molecule has 2 aliphatic heterocycles. The van der Waals surface area contributed by atoms with Crippen LogP contribution >= 0.6 is 0 Å². The van der Waals surface area contributed by atoms with Gasteiger partial charge in [0.1, 0.15) is 5.60 Å². The highest BCUT2D eigenvalue weighted by atomic mass is 16.6. The number of hydrogen-bond donors (Lipinski definition) is 1. The molecule has 0 amide bonds. The Hall–Kier alpha value is -0.120. The van der Waals surface area contributed by atoms with Crippen molar-refractivity contribution in [3.63, 3.8) is 0 Å². The first-order valence-corrected chi connectivity index (χ1v) is 4.61. The van der Waals surface area contributed by atoms with Gasteiger partial charge in [0.05, 0.1) is 12.2 Å². The minimum Gasteiger partial charge on any atom is -0.378 e. The number of ether oxygens (including phenoxy) is 2. The average molecular weight is 171 g/mol. The summed E-state index contributed by atoms with van der Waals surface area (Å²) in [6.07, 6.45) is 1.03. The largest absolute Gasteiger partial charge is 0.378 e. The quantitative estimate of drug-likeness (QED) is 0.577. The lowest BCUT2D eigenvalue weighted by molar-refractivity contribution is -0.160. The van der Waals surface area contributed by atoms with Gasteiger partial charge in [-0.05, 0) is 13.8 Å². The molecule has 0 radical (unpaired) electrons. The summed E-state index contributed by atoms with van der Waals surface area (Å²) in [5.41, 5.74) is -0.0618. The molecule has 2 aliphatic rings. The fraction of sp³-hybridized carbons (Fsp3) is 1.00. The molecule has 12 heavy (non-hydrogen) atoms. The van der Waals surface area contributed by atoms with Crippen LogP contribution in [0.5, 0.6) is 0 Å². The van der Waals surface area contributed by atoms with Gasteiger partial charge in [-0.3, -0.25) is 0 Å². The van der Waals surface area contributed by atoms with E-state index in [0.29, 0.717) is 0 Å². The molecule has 3 nitrogen and oxygen atoms in total. The first-order valence-electron chi connectivity index (χ1n) is 4.61. The minimum absolute atomic E-state index is 0.0260. The molecule has 1 N–H and O–H groups in total. The normalized spacial score (nSPS) is 40.5. The van der Waals surface area contributed by atoms with Gasteiger partial charge in [-0.2, -0.15) is 0 Å². The fourth-order valence-corrected chi connectivity index (χ4v) is 2.06. The van der Waals surface area contributed by atoms with E-state index in [-0.39, 0.29) is 11.2 Å². The van der Waals surface area contributed by atoms with Crippen molar-refractivity contribution in [3.05, 3.63) is 0 Å². The third kappa shape index (κ3) is 1.49. The molecule has 0 aliphatic carbocycles. The Balaban J connectivity index is 2.07. The maximum atomic E-state index is 6.03. The van der Waals surface area contributed by atoms with Crippen LogP contribution in [0.1, 0.15) is 20.3 Å². The van der Waals surface area contributed by atoms with E-state index in [4.69, 9.17) is 9.47 Å². The summed E-state index contributed by atoms with van der Waals surface area (Å²) in [5.74, 6) is 0. The van der Waals surface area contributed by atoms with E-state index in [1.807, 2.05) is 0 Å². The van der Waals surface area contributed by atoms with Crippen LogP contribution in [0, 0.1) is 0 Å². The van der Waals surface area contributed by atoms with Crippen LogP contribution in [0.4, 0.5) is 0 Å². The Morgan fingerprint density at radius 1 is 1.25 bits per heavy atom. The SMILES string of the molecule is CC1(C)CNCC2(CCOC2)O1. The third-order valence-corrected chi connectivity index (χ3v) is 2.56. The van der Waals surface area contributed by atoms with Gasteiger partial charge in [0.2, 0.25) is 0 Å². The maximum absolute atomic E-state index is 6.03. The molecule has 2 fully saturated rings. The minimum atomic E-state index is -0.0358. The second-order valence-electron chi connectivity index (χ2n) is 4.45. The summed E-state index contributed by atoms with van der Waals surface area (Å²) in [6, 6.07) is 0. The van der Waals surface area contributed by atoms with Crippen molar-refractivity contribution in [3.8, 4) is 0 Å². The van der Waals surface area contributed by atoms with Gasteiger partial charge in [-0.1, -0.05) is 0 Å². The molecule has 70 valence electrons. The zero-order chi connectivity index (χ0) is 8.66. The highest BCUT2D eigenvalue weighted by Crippen LogP contribution is 2.30. The van der Waals surface area contributed by atoms with Gasteiger partial charge in [-0.15, -0.1) is 0 Å². The van der Waals surface area contributed by atoms with Crippen molar-refractivity contribution in [1.29, 1.82) is 0 Å². The van der Waals surface area contributed by atoms with E-state index in [9.17, 15) is 0 Å². The maximum Gasteiger partial charge on any atom is 0.107 e. The van der Waals surface area contributed by atoms with Crippen molar-refractivity contribution in [1.82, 2.24) is 5.32 Å². The van der Waals surface area contributed by atoms with E-state index < -0.39 is 0 Å². The Morgan fingerprint density at radius 3 is 2.67 bits per heavy atom. The number of morpholine rings is 1. The standard InChI is InChI=1S/C9H17NO2/c1-8(2)5-10-6-9(12-8)3-4-11-7-9/h10H,3-7H2,1-2H3. The molecule has 1 spiro atoms. The molecular formula is C9H17NO2. The summed E-state index contributed by atoms with van der Waals surface area (Å²) in [7, 11) is 0. The number of hydrogen-bond acceptors (Lipinski definition) is 3. The number of rotatable bonds is 0. The monoisotopic (exact) mass is 171 g/mol. The van der Waals surface area contributed by atoms with E-state index in [1.54, 1.807) is 0 Å². The molecule has 1 unspecified atom stereocenters. The van der Waals surface area contributed by atoms with Gasteiger partial charge in [-0.25, -0.2) is 0 Å². The highest BCUT2D eigenvalue weighted by Gasteiger charge is 2.43. The lowest BCUT2D eigenvalue weighted by Gasteiger charge is -2.42. The fourth-order valence-electron chi connectivity index (χ4n) is 2.06. The molecule has 2 heterocycles. The molecule has 2 rings (SSSR count). The van der Waals surface area contributed by atoms with E-state index >= 15 is 0 Å². The van der Waals surface area contributed by atoms with Crippen LogP contribution in [-0.4, -0.2) is 37.5 Å². The lowest BCUT2D eigenvalue weighted by Crippen LogP contribution is -2.58. The molecule has 0 saturated carbocycles. The molecule has 0 bridgehead atoms. The average Bonchev–Trinajstić information content (AvgIpc) is 2.34. The Bertz CT molecular complexity index is 173. The predicted octanol–water partition coefficient (Wildman–Crippen LogP) is 0.544.